The number of ether oxygens (including phenoxy) is 2. The number of H-pyrrole nitrogens is 2. The third-order valence-corrected chi connectivity index (χ3v) is 11.8. The molecule has 2 aliphatic rings. The highest BCUT2D eigenvalue weighted by atomic mass is 32.1. The average Bonchev–Trinajstić information content (AvgIpc) is 4.04. The molecular formula is C40H49N9O6S. The Bertz CT molecular complexity index is 2200. The molecule has 4 amide bonds. The van der Waals surface area contributed by atoms with E-state index in [4.69, 9.17) is 14.5 Å². The third kappa shape index (κ3) is 7.49. The van der Waals surface area contributed by atoms with Gasteiger partial charge in [0.05, 0.1) is 50.1 Å². The first-order valence-electron chi connectivity index (χ1n) is 19.1. The van der Waals surface area contributed by atoms with Crippen LogP contribution in [-0.2, 0) is 19.1 Å². The van der Waals surface area contributed by atoms with Crippen LogP contribution in [0.25, 0.3) is 38.4 Å². The maximum absolute atomic E-state index is 13.6. The van der Waals surface area contributed by atoms with Crippen LogP contribution < -0.4 is 10.6 Å². The van der Waals surface area contributed by atoms with E-state index in [-0.39, 0.29) is 35.7 Å². The van der Waals surface area contributed by atoms with E-state index < -0.39 is 24.3 Å². The fourth-order valence-electron chi connectivity index (χ4n) is 7.82. The number of fused-ring (bicyclic) bond motifs is 1. The monoisotopic (exact) mass is 783 g/mol. The van der Waals surface area contributed by atoms with Gasteiger partial charge in [-0.1, -0.05) is 39.8 Å². The molecule has 0 unspecified atom stereocenters. The number of methoxy groups -OCH3 is 2. The fourth-order valence-corrected chi connectivity index (χ4v) is 8.88. The molecular weight excluding hydrogens is 735 g/mol. The molecule has 16 heteroatoms. The van der Waals surface area contributed by atoms with Gasteiger partial charge in [-0.2, -0.15) is 0 Å². The Morgan fingerprint density at radius 3 is 1.80 bits per heavy atom. The zero-order chi connectivity index (χ0) is 39.7. The van der Waals surface area contributed by atoms with Crippen molar-refractivity contribution in [2.75, 3.05) is 27.3 Å². The summed E-state index contributed by atoms with van der Waals surface area (Å²) >= 11 is 1.65. The molecule has 7 rings (SSSR count). The first-order chi connectivity index (χ1) is 27.0. The van der Waals surface area contributed by atoms with Gasteiger partial charge in [0.2, 0.25) is 11.8 Å². The lowest BCUT2D eigenvalue weighted by atomic mass is 10.0. The van der Waals surface area contributed by atoms with Gasteiger partial charge in [-0.25, -0.2) is 19.6 Å². The minimum Gasteiger partial charge on any atom is -0.453 e. The number of carbonyl (C=O) groups excluding carboxylic acids is 4. The first-order valence-corrected chi connectivity index (χ1v) is 20.0. The zero-order valence-corrected chi connectivity index (χ0v) is 33.3. The van der Waals surface area contributed by atoms with Gasteiger partial charge in [-0.3, -0.25) is 9.59 Å². The molecule has 56 heavy (non-hydrogen) atoms. The Morgan fingerprint density at radius 1 is 0.768 bits per heavy atom. The molecule has 2 saturated heterocycles. The van der Waals surface area contributed by atoms with Crippen molar-refractivity contribution in [2.45, 2.75) is 77.5 Å². The summed E-state index contributed by atoms with van der Waals surface area (Å²) in [5.74, 6) is 0.948. The maximum atomic E-state index is 13.6. The van der Waals surface area contributed by atoms with Gasteiger partial charge in [-0.15, -0.1) is 11.3 Å². The number of rotatable bonds is 11. The molecule has 15 nitrogen and oxygen atoms in total. The SMILES string of the molecule is COC(=O)N[C@H](C(=O)N1CCC[C@H]1c1ncc(-c2ccc(-n3ccc4c(-c5cnc([C@@H]6CCCN6C(=O)[C@@H](NC(=O)OC)C(C)C)[nH]5)csc43)cc2)[nH]1)C(C)C. The number of benzene rings is 1. The number of aromatic amines is 2. The molecule has 4 aromatic heterocycles. The van der Waals surface area contributed by atoms with Gasteiger partial charge in [0.1, 0.15) is 28.6 Å². The minimum absolute atomic E-state index is 0.108. The summed E-state index contributed by atoms with van der Waals surface area (Å²) in [5, 5.41) is 8.61. The number of imidazole rings is 2. The molecule has 0 spiro atoms. The summed E-state index contributed by atoms with van der Waals surface area (Å²) in [7, 11) is 2.58. The number of nitrogens with zero attached hydrogens (tertiary/aromatic N) is 5. The second kappa shape index (κ2) is 16.2. The number of alkyl carbamates (subject to hydrolysis) is 2. The van der Waals surface area contributed by atoms with Crippen molar-refractivity contribution in [3.8, 4) is 28.2 Å². The molecule has 6 heterocycles. The van der Waals surface area contributed by atoms with Crippen LogP contribution >= 0.6 is 11.3 Å². The maximum Gasteiger partial charge on any atom is 0.407 e. The predicted molar refractivity (Wildman–Crippen MR) is 212 cm³/mol. The van der Waals surface area contributed by atoms with Crippen LogP contribution in [0.15, 0.2) is 54.3 Å². The smallest absolute Gasteiger partial charge is 0.407 e. The molecule has 5 aromatic rings. The lowest BCUT2D eigenvalue weighted by molar-refractivity contribution is -0.136. The van der Waals surface area contributed by atoms with Crippen LogP contribution in [0.2, 0.25) is 0 Å². The summed E-state index contributed by atoms with van der Waals surface area (Å²) in [6.07, 6.45) is 7.70. The van der Waals surface area contributed by atoms with Gasteiger partial charge < -0.3 is 44.4 Å². The highest BCUT2D eigenvalue weighted by Crippen LogP contribution is 2.38. The quantitative estimate of drug-likeness (QED) is 0.116. The van der Waals surface area contributed by atoms with E-state index in [1.165, 1.54) is 14.2 Å². The van der Waals surface area contributed by atoms with Gasteiger partial charge in [-0.05, 0) is 61.3 Å². The van der Waals surface area contributed by atoms with Gasteiger partial charge in [0, 0.05) is 41.3 Å². The number of nitrogens with one attached hydrogen (secondary N) is 4. The molecule has 0 radical (unpaired) electrons. The summed E-state index contributed by atoms with van der Waals surface area (Å²) in [6, 6.07) is 8.55. The van der Waals surface area contributed by atoms with Crippen LogP contribution in [-0.4, -0.2) is 97.7 Å². The van der Waals surface area contributed by atoms with Crippen molar-refractivity contribution in [3.63, 3.8) is 0 Å². The van der Waals surface area contributed by atoms with Crippen molar-refractivity contribution in [1.29, 1.82) is 0 Å². The molecule has 0 bridgehead atoms. The lowest BCUT2D eigenvalue weighted by Crippen LogP contribution is -2.51. The molecule has 0 aliphatic carbocycles. The zero-order valence-electron chi connectivity index (χ0n) is 32.5. The average molecular weight is 784 g/mol. The van der Waals surface area contributed by atoms with E-state index in [9.17, 15) is 19.2 Å². The van der Waals surface area contributed by atoms with Gasteiger partial charge in [0.25, 0.3) is 0 Å². The summed E-state index contributed by atoms with van der Waals surface area (Å²) in [6.45, 7) is 8.79. The Hall–Kier alpha value is -5.64. The van der Waals surface area contributed by atoms with Crippen molar-refractivity contribution >= 4 is 45.6 Å². The number of amides is 4. The van der Waals surface area contributed by atoms with Crippen LogP contribution in [0.3, 0.4) is 0 Å². The minimum atomic E-state index is -0.693. The van der Waals surface area contributed by atoms with Gasteiger partial charge >= 0.3 is 12.2 Å². The van der Waals surface area contributed by atoms with E-state index in [0.29, 0.717) is 13.1 Å². The highest BCUT2D eigenvalue weighted by Gasteiger charge is 2.39. The Morgan fingerprint density at radius 2 is 1.29 bits per heavy atom. The first kappa shape index (κ1) is 38.6. The molecule has 1 aromatic carbocycles. The highest BCUT2D eigenvalue weighted by molar-refractivity contribution is 7.17. The predicted octanol–water partition coefficient (Wildman–Crippen LogP) is 6.56. The molecule has 4 N–H and O–H groups in total. The van der Waals surface area contributed by atoms with E-state index in [2.05, 4.69) is 72.1 Å². The Balaban J connectivity index is 1.05. The number of carbonyl (C=O) groups is 4. The van der Waals surface area contributed by atoms with Gasteiger partial charge in [0.15, 0.2) is 0 Å². The van der Waals surface area contributed by atoms with Crippen LogP contribution in [0.1, 0.15) is 77.1 Å². The molecule has 2 aliphatic heterocycles. The second-order valence-electron chi connectivity index (χ2n) is 15.1. The number of aromatic nitrogens is 5. The summed E-state index contributed by atoms with van der Waals surface area (Å²) in [5.41, 5.74) is 4.74. The van der Waals surface area contributed by atoms with E-state index in [1.807, 2.05) is 43.7 Å². The third-order valence-electron chi connectivity index (χ3n) is 10.8. The number of hydrogen-bond acceptors (Lipinski definition) is 9. The molecule has 0 saturated carbocycles. The Kier molecular flexibility index (Phi) is 11.2. The van der Waals surface area contributed by atoms with Crippen molar-refractivity contribution in [2.24, 2.45) is 11.8 Å². The van der Waals surface area contributed by atoms with Crippen LogP contribution in [0, 0.1) is 11.8 Å². The standard InChI is InChI=1S/C40H49N9O6S/c1-22(2)32(45-39(52)54-5)36(50)48-16-7-9-30(48)34-41-19-28(43-34)24-11-13-25(14-12-24)47-18-15-26-27(21-56-38(26)47)29-20-42-35(44-29)31-10-8-17-49(31)37(51)33(23(3)4)46-40(53)55-6/h11-15,18-23,30-33H,7-10,16-17H2,1-6H3,(H,41,43)(H,42,44)(H,45,52)(H,46,53)/t30-,31-,32-,33-/m0/s1. The van der Waals surface area contributed by atoms with Crippen LogP contribution in [0.4, 0.5) is 9.59 Å². The largest absolute Gasteiger partial charge is 0.453 e. The normalized spacial score (nSPS) is 18.1. The molecule has 2 fully saturated rings. The summed E-state index contributed by atoms with van der Waals surface area (Å²) < 4.78 is 11.7. The molecule has 296 valence electrons. The number of likely N-dealkylation sites (tertiary alicyclic amines) is 2. The van der Waals surface area contributed by atoms with Crippen molar-refractivity contribution < 1.29 is 28.7 Å². The van der Waals surface area contributed by atoms with Crippen molar-refractivity contribution in [1.82, 2.24) is 44.9 Å². The second-order valence-corrected chi connectivity index (χ2v) is 15.9. The Labute approximate surface area is 329 Å². The van der Waals surface area contributed by atoms with E-state index in [1.54, 1.807) is 17.5 Å². The topological polar surface area (TPSA) is 180 Å². The number of thiophene rings is 1. The van der Waals surface area contributed by atoms with E-state index in [0.717, 1.165) is 75.8 Å². The number of hydrogen-bond donors (Lipinski definition) is 4. The lowest BCUT2D eigenvalue weighted by Gasteiger charge is -2.30. The summed E-state index contributed by atoms with van der Waals surface area (Å²) in [4.78, 5) is 72.2. The molecule has 4 atom stereocenters. The van der Waals surface area contributed by atoms with Crippen LogP contribution in [0.5, 0.6) is 0 Å². The fraction of sp³-hybridized carbons (Fsp3) is 0.450. The van der Waals surface area contributed by atoms with Crippen molar-refractivity contribution in [3.05, 3.63) is 66.0 Å². The van der Waals surface area contributed by atoms with E-state index >= 15 is 0 Å².